The zero-order valence-corrected chi connectivity index (χ0v) is 14.7. The fraction of sp³-hybridized carbons (Fsp3) is 0.250. The zero-order valence-electron chi connectivity index (χ0n) is 14.7. The number of nitrogens with one attached hydrogen (secondary N) is 1. The molecule has 7 heteroatoms. The number of hydrogen-bond acceptors (Lipinski definition) is 4. The molecule has 1 aliphatic heterocycles. The maximum atomic E-state index is 13.1. The molecule has 0 saturated carbocycles. The molecule has 1 N–H and O–H groups in total. The summed E-state index contributed by atoms with van der Waals surface area (Å²) >= 11 is 0. The number of likely N-dealkylation sites (tertiary alicyclic amines) is 1. The van der Waals surface area contributed by atoms with Crippen LogP contribution in [0.15, 0.2) is 59.9 Å². The van der Waals surface area contributed by atoms with Gasteiger partial charge in [0.15, 0.2) is 0 Å². The molecule has 1 saturated heterocycles. The van der Waals surface area contributed by atoms with Crippen LogP contribution in [0.1, 0.15) is 24.6 Å². The van der Waals surface area contributed by atoms with Gasteiger partial charge in [0.1, 0.15) is 17.5 Å². The fourth-order valence-corrected chi connectivity index (χ4v) is 3.25. The van der Waals surface area contributed by atoms with Crippen LogP contribution < -0.4 is 5.11 Å². The van der Waals surface area contributed by atoms with Gasteiger partial charge >= 0.3 is 0 Å². The van der Waals surface area contributed by atoms with Gasteiger partial charge in [-0.3, -0.25) is 0 Å². The van der Waals surface area contributed by atoms with Crippen molar-refractivity contribution >= 4 is 11.8 Å². The molecule has 1 fully saturated rings. The first kappa shape index (κ1) is 17.2. The molecule has 1 aromatic carbocycles. The van der Waals surface area contributed by atoms with Gasteiger partial charge in [-0.1, -0.05) is 0 Å². The van der Waals surface area contributed by atoms with Gasteiger partial charge < -0.3 is 15.0 Å². The van der Waals surface area contributed by atoms with Crippen LogP contribution in [0.3, 0.4) is 0 Å². The van der Waals surface area contributed by atoms with Crippen LogP contribution in [-0.2, 0) is 0 Å². The van der Waals surface area contributed by atoms with Crippen LogP contribution >= 0.6 is 0 Å². The third kappa shape index (κ3) is 3.97. The third-order valence-electron chi connectivity index (χ3n) is 4.74. The SMILES string of the molecule is [O-]C(=Nc1ccc[nH]1)N1CCC(c2nccc(-c3ccc(F)cc3)n2)CC1. The summed E-state index contributed by atoms with van der Waals surface area (Å²) in [7, 11) is 0. The second-order valence-electron chi connectivity index (χ2n) is 6.52. The maximum absolute atomic E-state index is 13.1. The van der Waals surface area contributed by atoms with Crippen molar-refractivity contribution in [2.45, 2.75) is 18.8 Å². The van der Waals surface area contributed by atoms with Crippen molar-refractivity contribution in [1.82, 2.24) is 19.9 Å². The summed E-state index contributed by atoms with van der Waals surface area (Å²) in [5, 5.41) is 12.3. The van der Waals surface area contributed by atoms with Crippen molar-refractivity contribution in [1.29, 1.82) is 0 Å². The number of rotatable bonds is 3. The number of benzene rings is 1. The maximum Gasteiger partial charge on any atom is 0.132 e. The van der Waals surface area contributed by atoms with Gasteiger partial charge in [0.05, 0.1) is 11.7 Å². The summed E-state index contributed by atoms with van der Waals surface area (Å²) in [5.74, 6) is 1.26. The predicted octanol–water partition coefficient (Wildman–Crippen LogP) is 2.84. The lowest BCUT2D eigenvalue weighted by atomic mass is 9.96. The molecule has 0 aliphatic carbocycles. The zero-order chi connectivity index (χ0) is 18.6. The number of amidine groups is 1. The summed E-state index contributed by atoms with van der Waals surface area (Å²) in [5.41, 5.74) is 1.64. The molecule has 138 valence electrons. The standard InChI is InChI=1S/C20H20FN5O/c21-16-5-3-14(4-6-16)17-7-11-23-19(24-17)15-8-12-26(13-9-15)20(27)25-18-2-1-10-22-18/h1-7,10-11,15,22H,8-9,12-13H2,(H,25,27)/p-1. The number of nitrogens with zero attached hydrogens (tertiary/aromatic N) is 4. The van der Waals surface area contributed by atoms with Crippen LogP contribution in [-0.4, -0.2) is 39.0 Å². The normalized spacial score (nSPS) is 15.9. The summed E-state index contributed by atoms with van der Waals surface area (Å²) in [6, 6.07) is 11.4. The molecule has 6 nitrogen and oxygen atoms in total. The highest BCUT2D eigenvalue weighted by Crippen LogP contribution is 2.27. The Labute approximate surface area is 156 Å². The van der Waals surface area contributed by atoms with Crippen molar-refractivity contribution in [3.63, 3.8) is 0 Å². The van der Waals surface area contributed by atoms with Crippen LogP contribution in [0.4, 0.5) is 10.2 Å². The van der Waals surface area contributed by atoms with E-state index in [9.17, 15) is 9.50 Å². The Morgan fingerprint density at radius 3 is 2.63 bits per heavy atom. The second-order valence-corrected chi connectivity index (χ2v) is 6.52. The Hall–Kier alpha value is -3.22. The minimum Gasteiger partial charge on any atom is -0.846 e. The smallest absolute Gasteiger partial charge is 0.132 e. The lowest BCUT2D eigenvalue weighted by Crippen LogP contribution is -2.44. The van der Waals surface area contributed by atoms with Crippen LogP contribution in [0.5, 0.6) is 0 Å². The van der Waals surface area contributed by atoms with E-state index in [-0.39, 0.29) is 17.8 Å². The van der Waals surface area contributed by atoms with Crippen molar-refractivity contribution in [2.75, 3.05) is 13.1 Å². The van der Waals surface area contributed by atoms with E-state index in [1.54, 1.807) is 35.5 Å². The molecular weight excluding hydrogens is 345 g/mol. The topological polar surface area (TPSA) is 80.2 Å². The lowest BCUT2D eigenvalue weighted by Gasteiger charge is -2.35. The molecule has 3 heterocycles. The van der Waals surface area contributed by atoms with Gasteiger partial charge in [0.25, 0.3) is 0 Å². The average Bonchev–Trinajstić information content (AvgIpc) is 3.22. The van der Waals surface area contributed by atoms with Crippen molar-refractivity contribution in [3.05, 3.63) is 66.5 Å². The Bertz CT molecular complexity index is 916. The average molecular weight is 364 g/mol. The highest BCUT2D eigenvalue weighted by Gasteiger charge is 2.22. The molecule has 4 rings (SSSR count). The number of aromatic nitrogens is 3. The first-order chi connectivity index (χ1) is 13.2. The van der Waals surface area contributed by atoms with E-state index in [2.05, 4.69) is 19.9 Å². The first-order valence-corrected chi connectivity index (χ1v) is 8.92. The molecule has 0 unspecified atom stereocenters. The molecule has 3 aromatic rings. The van der Waals surface area contributed by atoms with Crippen molar-refractivity contribution in [3.8, 4) is 11.3 Å². The largest absolute Gasteiger partial charge is 0.846 e. The number of halogens is 1. The van der Waals surface area contributed by atoms with E-state index < -0.39 is 0 Å². The Morgan fingerprint density at radius 2 is 1.93 bits per heavy atom. The van der Waals surface area contributed by atoms with E-state index >= 15 is 0 Å². The van der Waals surface area contributed by atoms with Gasteiger partial charge in [-0.25, -0.2) is 19.4 Å². The molecule has 0 atom stereocenters. The highest BCUT2D eigenvalue weighted by atomic mass is 19.1. The van der Waals surface area contributed by atoms with Crippen molar-refractivity contribution in [2.24, 2.45) is 4.99 Å². The Kier molecular flexibility index (Phi) is 4.82. The predicted molar refractivity (Wildman–Crippen MR) is 98.9 cm³/mol. The number of piperidine rings is 1. The van der Waals surface area contributed by atoms with E-state index in [4.69, 9.17) is 0 Å². The van der Waals surface area contributed by atoms with Gasteiger partial charge in [-0.05, 0) is 55.3 Å². The number of H-pyrrole nitrogens is 1. The fourth-order valence-electron chi connectivity index (χ4n) is 3.25. The molecule has 0 bridgehead atoms. The summed E-state index contributed by atoms with van der Waals surface area (Å²) in [6.07, 6.45) is 5.06. The number of hydrogen-bond donors (Lipinski definition) is 1. The van der Waals surface area contributed by atoms with Crippen LogP contribution in [0.2, 0.25) is 0 Å². The lowest BCUT2D eigenvalue weighted by molar-refractivity contribution is -0.235. The van der Waals surface area contributed by atoms with Crippen LogP contribution in [0, 0.1) is 5.82 Å². The van der Waals surface area contributed by atoms with Gasteiger partial charge in [0, 0.05) is 37.0 Å². The first-order valence-electron chi connectivity index (χ1n) is 8.92. The summed E-state index contributed by atoms with van der Waals surface area (Å²) in [6.45, 7) is 1.25. The van der Waals surface area contributed by atoms with Gasteiger partial charge in [-0.2, -0.15) is 0 Å². The minimum absolute atomic E-state index is 0.194. The molecule has 0 radical (unpaired) electrons. The molecule has 0 amide bonds. The van der Waals surface area contributed by atoms with E-state index in [1.807, 2.05) is 12.1 Å². The summed E-state index contributed by atoms with van der Waals surface area (Å²) in [4.78, 5) is 17.8. The molecular formula is C20H19FN5O-. The molecule has 1 aliphatic rings. The molecule has 0 spiro atoms. The third-order valence-corrected chi connectivity index (χ3v) is 4.74. The second kappa shape index (κ2) is 7.57. The number of aromatic amines is 1. The molecule has 27 heavy (non-hydrogen) atoms. The van der Waals surface area contributed by atoms with Crippen LogP contribution in [0.25, 0.3) is 11.3 Å². The molecule has 2 aromatic heterocycles. The number of aliphatic imine (C=N–C) groups is 1. The van der Waals surface area contributed by atoms with Gasteiger partial charge in [-0.15, -0.1) is 0 Å². The van der Waals surface area contributed by atoms with Crippen molar-refractivity contribution < 1.29 is 9.50 Å². The van der Waals surface area contributed by atoms with E-state index in [1.165, 1.54) is 12.1 Å². The quantitative estimate of drug-likeness (QED) is 0.572. The highest BCUT2D eigenvalue weighted by molar-refractivity contribution is 5.72. The summed E-state index contributed by atoms with van der Waals surface area (Å²) < 4.78 is 13.1. The van der Waals surface area contributed by atoms with E-state index in [0.717, 1.165) is 29.9 Å². The van der Waals surface area contributed by atoms with E-state index in [0.29, 0.717) is 18.9 Å². The Morgan fingerprint density at radius 1 is 1.15 bits per heavy atom. The van der Waals surface area contributed by atoms with Gasteiger partial charge in [0.2, 0.25) is 0 Å². The Balaban J connectivity index is 1.44. The minimum atomic E-state index is -0.269. The monoisotopic (exact) mass is 364 g/mol.